The average Bonchev–Trinajstić information content (AvgIpc) is 2.69. The molecule has 5 heteroatoms. The van der Waals surface area contributed by atoms with Gasteiger partial charge in [0.05, 0.1) is 18.8 Å². The van der Waals surface area contributed by atoms with Crippen LogP contribution in [0.25, 0.3) is 6.08 Å². The summed E-state index contributed by atoms with van der Waals surface area (Å²) in [5.41, 5.74) is 2.78. The normalized spacial score (nSPS) is 10.8. The quantitative estimate of drug-likeness (QED) is 0.503. The van der Waals surface area contributed by atoms with Crippen molar-refractivity contribution in [3.63, 3.8) is 0 Å². The van der Waals surface area contributed by atoms with Crippen molar-refractivity contribution >= 4 is 17.8 Å². The van der Waals surface area contributed by atoms with E-state index in [0.717, 1.165) is 11.1 Å². The van der Waals surface area contributed by atoms with E-state index in [2.05, 4.69) is 0 Å². The molecular weight excluding hydrogens is 354 g/mol. The fraction of sp³-hybridized carbons (Fsp3) is 0.304. The molecule has 2 rings (SSSR count). The van der Waals surface area contributed by atoms with Crippen molar-refractivity contribution in [3.8, 4) is 11.5 Å². The van der Waals surface area contributed by atoms with Crippen molar-refractivity contribution < 1.29 is 19.1 Å². The molecule has 0 aliphatic heterocycles. The highest BCUT2D eigenvalue weighted by Gasteiger charge is 2.13. The second kappa shape index (κ2) is 9.74. The first-order valence-corrected chi connectivity index (χ1v) is 9.32. The van der Waals surface area contributed by atoms with Crippen molar-refractivity contribution in [3.05, 3.63) is 64.7 Å². The number of carbonyl (C=O) groups is 2. The van der Waals surface area contributed by atoms with Crippen LogP contribution in [0.2, 0.25) is 0 Å². The molecular formula is C23H27NO4. The molecule has 0 N–H and O–H groups in total. The number of nitrogens with zero attached hydrogens (tertiary/aromatic N) is 1. The lowest BCUT2D eigenvalue weighted by Crippen LogP contribution is -2.21. The van der Waals surface area contributed by atoms with Gasteiger partial charge < -0.3 is 14.4 Å². The molecule has 148 valence electrons. The fourth-order valence-corrected chi connectivity index (χ4v) is 2.76. The highest BCUT2D eigenvalue weighted by molar-refractivity contribution is 6.07. The van der Waals surface area contributed by atoms with Gasteiger partial charge in [0.15, 0.2) is 5.78 Å². The Bertz CT molecular complexity index is 867. The maximum atomic E-state index is 12.6. The van der Waals surface area contributed by atoms with Gasteiger partial charge in [-0.2, -0.15) is 0 Å². The number of hydrogen-bond acceptors (Lipinski definition) is 4. The first-order chi connectivity index (χ1) is 13.4. The van der Waals surface area contributed by atoms with E-state index >= 15 is 0 Å². The summed E-state index contributed by atoms with van der Waals surface area (Å²) in [5, 5.41) is 0. The van der Waals surface area contributed by atoms with Gasteiger partial charge in [-0.15, -0.1) is 0 Å². The van der Waals surface area contributed by atoms with Crippen molar-refractivity contribution in [2.45, 2.75) is 20.8 Å². The van der Waals surface area contributed by atoms with Crippen molar-refractivity contribution in [1.29, 1.82) is 0 Å². The molecule has 0 aliphatic carbocycles. The lowest BCUT2D eigenvalue weighted by Gasteiger charge is -2.15. The van der Waals surface area contributed by atoms with Crippen LogP contribution in [-0.2, 0) is 0 Å². The van der Waals surface area contributed by atoms with E-state index in [1.807, 2.05) is 32.9 Å². The van der Waals surface area contributed by atoms with Crippen LogP contribution in [0.15, 0.2) is 42.5 Å². The maximum absolute atomic E-state index is 12.6. The van der Waals surface area contributed by atoms with Crippen molar-refractivity contribution in [1.82, 2.24) is 4.90 Å². The van der Waals surface area contributed by atoms with Gasteiger partial charge in [-0.25, -0.2) is 0 Å². The Morgan fingerprint density at radius 1 is 0.929 bits per heavy atom. The third-order valence-corrected chi connectivity index (χ3v) is 4.17. The van der Waals surface area contributed by atoms with Crippen LogP contribution in [0, 0.1) is 6.92 Å². The molecule has 2 aromatic rings. The number of ether oxygens (including phenoxy) is 2. The van der Waals surface area contributed by atoms with E-state index in [0.29, 0.717) is 35.8 Å². The molecule has 0 aromatic heterocycles. The molecule has 0 spiro atoms. The Morgan fingerprint density at radius 3 is 2.11 bits per heavy atom. The summed E-state index contributed by atoms with van der Waals surface area (Å²) in [6, 6.07) is 10.5. The fourth-order valence-electron chi connectivity index (χ4n) is 2.76. The largest absolute Gasteiger partial charge is 0.493 e. The predicted molar refractivity (Wildman–Crippen MR) is 111 cm³/mol. The summed E-state index contributed by atoms with van der Waals surface area (Å²) in [7, 11) is 3.38. The average molecular weight is 381 g/mol. The number of carbonyl (C=O) groups excluding carboxylic acids is 2. The van der Waals surface area contributed by atoms with Crippen molar-refractivity contribution in [2.24, 2.45) is 0 Å². The Hall–Kier alpha value is -3.08. The standard InChI is InChI=1S/C23H27NO4/c1-6-27-21-15-8-16(3)22(28-7-2)19(21)13-14-20(25)17-9-11-18(12-10-17)23(26)24(4)5/h8-15H,6-7H2,1-5H3/b14-13+. The van der Waals surface area contributed by atoms with E-state index in [1.165, 1.54) is 11.0 Å². The van der Waals surface area contributed by atoms with Gasteiger partial charge in [-0.3, -0.25) is 9.59 Å². The molecule has 0 bridgehead atoms. The highest BCUT2D eigenvalue weighted by atomic mass is 16.5. The Balaban J connectivity index is 2.30. The third-order valence-electron chi connectivity index (χ3n) is 4.17. The zero-order chi connectivity index (χ0) is 20.7. The molecule has 0 unspecified atom stereocenters. The third kappa shape index (κ3) is 5.00. The van der Waals surface area contributed by atoms with E-state index in [9.17, 15) is 9.59 Å². The molecule has 0 saturated carbocycles. The number of ketones is 1. The zero-order valence-corrected chi connectivity index (χ0v) is 17.1. The predicted octanol–water partition coefficient (Wildman–Crippen LogP) is 4.39. The van der Waals surface area contributed by atoms with E-state index in [-0.39, 0.29) is 11.7 Å². The second-order valence-electron chi connectivity index (χ2n) is 6.46. The van der Waals surface area contributed by atoms with Crippen LogP contribution < -0.4 is 9.47 Å². The van der Waals surface area contributed by atoms with Gasteiger partial charge in [0.1, 0.15) is 11.5 Å². The molecule has 0 heterocycles. The Labute approximate surface area is 166 Å². The van der Waals surface area contributed by atoms with Crippen LogP contribution in [0.4, 0.5) is 0 Å². The van der Waals surface area contributed by atoms with Crippen LogP contribution >= 0.6 is 0 Å². The van der Waals surface area contributed by atoms with E-state index in [1.54, 1.807) is 44.4 Å². The molecule has 0 aliphatic rings. The first kappa shape index (κ1) is 21.2. The van der Waals surface area contributed by atoms with Gasteiger partial charge in [0.25, 0.3) is 5.91 Å². The van der Waals surface area contributed by atoms with Crippen LogP contribution in [0.3, 0.4) is 0 Å². The van der Waals surface area contributed by atoms with Crippen LogP contribution in [-0.4, -0.2) is 43.9 Å². The molecule has 5 nitrogen and oxygen atoms in total. The van der Waals surface area contributed by atoms with Gasteiger partial charge >= 0.3 is 0 Å². The number of rotatable bonds is 8. The van der Waals surface area contributed by atoms with Crippen LogP contribution in [0.1, 0.15) is 45.7 Å². The monoisotopic (exact) mass is 381 g/mol. The summed E-state index contributed by atoms with van der Waals surface area (Å²) >= 11 is 0. The van der Waals surface area contributed by atoms with Gasteiger partial charge in [-0.05, 0) is 56.7 Å². The SMILES string of the molecule is CCOc1ccc(C)c(OCC)c1/C=C/C(=O)c1ccc(C(=O)N(C)C)cc1. The molecule has 1 amide bonds. The van der Waals surface area contributed by atoms with Crippen molar-refractivity contribution in [2.75, 3.05) is 27.3 Å². The van der Waals surface area contributed by atoms with E-state index < -0.39 is 0 Å². The highest BCUT2D eigenvalue weighted by Crippen LogP contribution is 2.33. The summed E-state index contributed by atoms with van der Waals surface area (Å²) in [6.07, 6.45) is 3.23. The molecule has 0 radical (unpaired) electrons. The number of benzene rings is 2. The summed E-state index contributed by atoms with van der Waals surface area (Å²) < 4.78 is 11.5. The molecule has 0 saturated heterocycles. The van der Waals surface area contributed by atoms with Gasteiger partial charge in [0, 0.05) is 25.2 Å². The lowest BCUT2D eigenvalue weighted by atomic mass is 10.0. The summed E-state index contributed by atoms with van der Waals surface area (Å²) in [4.78, 5) is 26.1. The van der Waals surface area contributed by atoms with E-state index in [4.69, 9.17) is 9.47 Å². The smallest absolute Gasteiger partial charge is 0.253 e. The maximum Gasteiger partial charge on any atom is 0.253 e. The molecule has 2 aromatic carbocycles. The molecule has 0 atom stereocenters. The second-order valence-corrected chi connectivity index (χ2v) is 6.46. The van der Waals surface area contributed by atoms with Gasteiger partial charge in [0.2, 0.25) is 0 Å². The number of amides is 1. The first-order valence-electron chi connectivity index (χ1n) is 9.32. The zero-order valence-electron chi connectivity index (χ0n) is 17.1. The topological polar surface area (TPSA) is 55.8 Å². The summed E-state index contributed by atoms with van der Waals surface area (Å²) in [5.74, 6) is 1.13. The van der Waals surface area contributed by atoms with Gasteiger partial charge in [-0.1, -0.05) is 18.2 Å². The van der Waals surface area contributed by atoms with Crippen LogP contribution in [0.5, 0.6) is 11.5 Å². The lowest BCUT2D eigenvalue weighted by molar-refractivity contribution is 0.0827. The molecule has 28 heavy (non-hydrogen) atoms. The minimum absolute atomic E-state index is 0.1000. The minimum Gasteiger partial charge on any atom is -0.493 e. The molecule has 0 fully saturated rings. The Kier molecular flexibility index (Phi) is 7.38. The Morgan fingerprint density at radius 2 is 1.54 bits per heavy atom. The summed E-state index contributed by atoms with van der Waals surface area (Å²) in [6.45, 7) is 6.83. The minimum atomic E-state index is -0.157. The number of allylic oxidation sites excluding steroid dienone is 1. The number of hydrogen-bond donors (Lipinski definition) is 0. The number of aryl methyl sites for hydroxylation is 1.